The summed E-state index contributed by atoms with van der Waals surface area (Å²) in [5, 5.41) is 12.4. The number of nitriles is 1. The molecule has 0 aromatic heterocycles. The van der Waals surface area contributed by atoms with E-state index in [0.29, 0.717) is 5.56 Å². The Bertz CT molecular complexity index is 635. The third kappa shape index (κ3) is 3.53. The Labute approximate surface area is 123 Å². The average molecular weight is 284 g/mol. The van der Waals surface area contributed by atoms with E-state index in [1.165, 1.54) is 0 Å². The van der Waals surface area contributed by atoms with Gasteiger partial charge in [-0.2, -0.15) is 5.26 Å². The lowest BCUT2D eigenvalue weighted by molar-refractivity contribution is 0.413. The molecule has 2 aromatic rings. The minimum absolute atomic E-state index is 0.700. The number of rotatable bonds is 5. The van der Waals surface area contributed by atoms with Crippen molar-refractivity contribution in [2.24, 2.45) is 0 Å². The molecule has 0 saturated carbocycles. The molecule has 1 N–H and O–H groups in total. The van der Waals surface area contributed by atoms with Gasteiger partial charge in [-0.15, -0.1) is 0 Å². The van der Waals surface area contributed by atoms with Crippen molar-refractivity contribution >= 4 is 11.8 Å². The normalized spacial score (nSPS) is 10.1. The quantitative estimate of drug-likeness (QED) is 0.913. The molecule has 0 spiro atoms. The highest BCUT2D eigenvalue weighted by atomic mass is 32.2. The van der Waals surface area contributed by atoms with Gasteiger partial charge in [-0.3, -0.25) is 0 Å². The first-order chi connectivity index (χ1) is 9.76. The predicted octanol–water partition coefficient (Wildman–Crippen LogP) is 3.44. The van der Waals surface area contributed by atoms with E-state index in [9.17, 15) is 5.26 Å². The second-order valence-electron chi connectivity index (χ2n) is 4.25. The van der Waals surface area contributed by atoms with Gasteiger partial charge in [0.05, 0.1) is 12.7 Å². The van der Waals surface area contributed by atoms with Crippen LogP contribution in [0.1, 0.15) is 11.1 Å². The lowest BCUT2D eigenvalue weighted by Crippen LogP contribution is -2.05. The zero-order valence-electron chi connectivity index (χ0n) is 11.5. The van der Waals surface area contributed by atoms with Gasteiger partial charge >= 0.3 is 0 Å². The smallest absolute Gasteiger partial charge is 0.119 e. The Morgan fingerprint density at radius 1 is 1.25 bits per heavy atom. The molecule has 0 saturated heterocycles. The van der Waals surface area contributed by atoms with Crippen molar-refractivity contribution in [2.45, 2.75) is 16.3 Å². The van der Waals surface area contributed by atoms with E-state index in [1.54, 1.807) is 18.9 Å². The second-order valence-corrected chi connectivity index (χ2v) is 5.37. The van der Waals surface area contributed by atoms with Gasteiger partial charge in [0.15, 0.2) is 0 Å². The zero-order chi connectivity index (χ0) is 14.4. The Morgan fingerprint density at radius 2 is 2.10 bits per heavy atom. The van der Waals surface area contributed by atoms with Gasteiger partial charge in [0.1, 0.15) is 11.8 Å². The fraction of sp³-hybridized carbons (Fsp3) is 0.188. The fourth-order valence-electron chi connectivity index (χ4n) is 1.86. The first-order valence-electron chi connectivity index (χ1n) is 6.26. The maximum absolute atomic E-state index is 9.28. The molecule has 0 fully saturated rings. The van der Waals surface area contributed by atoms with Crippen molar-refractivity contribution in [3.8, 4) is 11.8 Å². The molecule has 2 rings (SSSR count). The molecule has 3 nitrogen and oxygen atoms in total. The summed E-state index contributed by atoms with van der Waals surface area (Å²) in [4.78, 5) is 2.02. The molecular weight excluding hydrogens is 268 g/mol. The first kappa shape index (κ1) is 14.4. The lowest BCUT2D eigenvalue weighted by atomic mass is 10.1. The van der Waals surface area contributed by atoms with Crippen molar-refractivity contribution < 1.29 is 4.74 Å². The molecule has 0 radical (unpaired) electrons. The van der Waals surface area contributed by atoms with Crippen molar-refractivity contribution in [3.63, 3.8) is 0 Å². The Kier molecular flexibility index (Phi) is 5.05. The third-order valence-corrected chi connectivity index (χ3v) is 3.88. The van der Waals surface area contributed by atoms with Gasteiger partial charge in [0.25, 0.3) is 0 Å². The van der Waals surface area contributed by atoms with E-state index >= 15 is 0 Å². The molecule has 4 heteroatoms. The van der Waals surface area contributed by atoms with Gasteiger partial charge in [0.2, 0.25) is 0 Å². The molecule has 0 unspecified atom stereocenters. The van der Waals surface area contributed by atoms with Gasteiger partial charge in [-0.25, -0.2) is 0 Å². The molecule has 0 aliphatic heterocycles. The standard InChI is InChI=1S/C16H16N2OS/c1-18-11-12-6-7-16(13(8-12)10-17)20-15-5-3-4-14(9-15)19-2/h3-9,18H,11H2,1-2H3. The highest BCUT2D eigenvalue weighted by Crippen LogP contribution is 2.32. The lowest BCUT2D eigenvalue weighted by Gasteiger charge is -2.08. The highest BCUT2D eigenvalue weighted by molar-refractivity contribution is 7.99. The minimum Gasteiger partial charge on any atom is -0.497 e. The zero-order valence-corrected chi connectivity index (χ0v) is 12.3. The molecule has 0 bridgehead atoms. The van der Waals surface area contributed by atoms with Gasteiger partial charge < -0.3 is 10.1 Å². The summed E-state index contributed by atoms with van der Waals surface area (Å²) in [5.74, 6) is 0.820. The van der Waals surface area contributed by atoms with Crippen LogP contribution in [0.4, 0.5) is 0 Å². The first-order valence-corrected chi connectivity index (χ1v) is 7.08. The number of benzene rings is 2. The monoisotopic (exact) mass is 284 g/mol. The third-order valence-electron chi connectivity index (χ3n) is 2.81. The van der Waals surface area contributed by atoms with Crippen LogP contribution in [0.15, 0.2) is 52.3 Å². The number of nitrogens with zero attached hydrogens (tertiary/aromatic N) is 1. The van der Waals surface area contributed by atoms with Crippen molar-refractivity contribution in [3.05, 3.63) is 53.6 Å². The van der Waals surface area contributed by atoms with Gasteiger partial charge in [-0.1, -0.05) is 23.9 Å². The van der Waals surface area contributed by atoms with E-state index in [2.05, 4.69) is 11.4 Å². The Balaban J connectivity index is 2.26. The van der Waals surface area contributed by atoms with E-state index in [4.69, 9.17) is 4.74 Å². The summed E-state index contributed by atoms with van der Waals surface area (Å²) < 4.78 is 5.21. The number of hydrogen-bond donors (Lipinski definition) is 1. The minimum atomic E-state index is 0.700. The summed E-state index contributed by atoms with van der Waals surface area (Å²) in [7, 11) is 3.54. The molecule has 2 aromatic carbocycles. The van der Waals surface area contributed by atoms with Crippen LogP contribution in [0.5, 0.6) is 5.75 Å². The van der Waals surface area contributed by atoms with E-state index in [-0.39, 0.29) is 0 Å². The molecule has 0 amide bonds. The maximum Gasteiger partial charge on any atom is 0.119 e. The van der Waals surface area contributed by atoms with Crippen LogP contribution < -0.4 is 10.1 Å². The molecule has 20 heavy (non-hydrogen) atoms. The van der Waals surface area contributed by atoms with Crippen molar-refractivity contribution in [1.82, 2.24) is 5.32 Å². The number of methoxy groups -OCH3 is 1. The van der Waals surface area contributed by atoms with E-state index in [0.717, 1.165) is 27.6 Å². The van der Waals surface area contributed by atoms with E-state index < -0.39 is 0 Å². The van der Waals surface area contributed by atoms with Gasteiger partial charge in [0, 0.05) is 16.3 Å². The van der Waals surface area contributed by atoms with Crippen molar-refractivity contribution in [1.29, 1.82) is 5.26 Å². The van der Waals surface area contributed by atoms with Crippen LogP contribution >= 0.6 is 11.8 Å². The summed E-state index contributed by atoms with van der Waals surface area (Å²) in [6, 6.07) is 16.1. The summed E-state index contributed by atoms with van der Waals surface area (Å²) >= 11 is 1.57. The largest absolute Gasteiger partial charge is 0.497 e. The molecule has 0 atom stereocenters. The summed E-state index contributed by atoms with van der Waals surface area (Å²) in [6.07, 6.45) is 0. The topological polar surface area (TPSA) is 45.0 Å². The molecular formula is C16H16N2OS. The summed E-state index contributed by atoms with van der Waals surface area (Å²) in [5.41, 5.74) is 1.81. The van der Waals surface area contributed by atoms with Gasteiger partial charge in [-0.05, 0) is 42.9 Å². The Hall–Kier alpha value is -1.96. The summed E-state index contributed by atoms with van der Waals surface area (Å²) in [6.45, 7) is 0.763. The van der Waals surface area contributed by atoms with Crippen LogP contribution in [0.2, 0.25) is 0 Å². The van der Waals surface area contributed by atoms with Crippen LogP contribution in [0.3, 0.4) is 0 Å². The van der Waals surface area contributed by atoms with Crippen LogP contribution in [-0.4, -0.2) is 14.2 Å². The fourth-order valence-corrected chi connectivity index (χ4v) is 2.79. The number of nitrogens with one attached hydrogen (secondary N) is 1. The average Bonchev–Trinajstić information content (AvgIpc) is 2.49. The van der Waals surface area contributed by atoms with Crippen LogP contribution in [-0.2, 0) is 6.54 Å². The predicted molar refractivity (Wildman–Crippen MR) is 81.0 cm³/mol. The molecule has 102 valence electrons. The SMILES string of the molecule is CNCc1ccc(Sc2cccc(OC)c2)c(C#N)c1. The maximum atomic E-state index is 9.28. The van der Waals surface area contributed by atoms with E-state index in [1.807, 2.05) is 49.5 Å². The van der Waals surface area contributed by atoms with Crippen LogP contribution in [0, 0.1) is 11.3 Å². The highest BCUT2D eigenvalue weighted by Gasteiger charge is 2.06. The molecule has 0 heterocycles. The van der Waals surface area contributed by atoms with Crippen molar-refractivity contribution in [2.75, 3.05) is 14.2 Å². The molecule has 0 aliphatic carbocycles. The second kappa shape index (κ2) is 6.99. The molecule has 0 aliphatic rings. The number of hydrogen-bond acceptors (Lipinski definition) is 4. The number of ether oxygens (including phenoxy) is 1. The van der Waals surface area contributed by atoms with Crippen LogP contribution in [0.25, 0.3) is 0 Å². The Morgan fingerprint density at radius 3 is 2.80 bits per heavy atom.